The van der Waals surface area contributed by atoms with Gasteiger partial charge in [0.1, 0.15) is 5.82 Å². The number of fused-ring (bicyclic) bond motifs is 1. The van der Waals surface area contributed by atoms with Gasteiger partial charge in [-0.2, -0.15) is 0 Å². The molecular formula is C14H19FN2. The molecule has 3 heteroatoms. The lowest BCUT2D eigenvalue weighted by Crippen LogP contribution is -2.49. The van der Waals surface area contributed by atoms with Crippen LogP contribution in [0.25, 0.3) is 0 Å². The molecule has 2 fully saturated rings. The smallest absolute Gasteiger partial charge is 0.126 e. The Morgan fingerprint density at radius 1 is 1.35 bits per heavy atom. The summed E-state index contributed by atoms with van der Waals surface area (Å²) in [5.41, 5.74) is 2.01. The first-order valence-electron chi connectivity index (χ1n) is 6.48. The van der Waals surface area contributed by atoms with Crippen LogP contribution in [-0.2, 0) is 0 Å². The van der Waals surface area contributed by atoms with E-state index >= 15 is 0 Å². The zero-order valence-electron chi connectivity index (χ0n) is 10.2. The summed E-state index contributed by atoms with van der Waals surface area (Å²) in [5, 5.41) is 3.50. The van der Waals surface area contributed by atoms with E-state index in [1.165, 1.54) is 24.9 Å². The zero-order valence-corrected chi connectivity index (χ0v) is 10.2. The number of rotatable bonds is 1. The summed E-state index contributed by atoms with van der Waals surface area (Å²) >= 11 is 0. The minimum atomic E-state index is -0.101. The Morgan fingerprint density at radius 2 is 2.24 bits per heavy atom. The second kappa shape index (κ2) is 4.39. The van der Waals surface area contributed by atoms with E-state index in [1.807, 2.05) is 19.1 Å². The maximum atomic E-state index is 13.3. The van der Waals surface area contributed by atoms with Crippen LogP contribution in [0.15, 0.2) is 18.2 Å². The highest BCUT2D eigenvalue weighted by molar-refractivity contribution is 5.27. The largest absolute Gasteiger partial charge is 0.313 e. The first-order chi connectivity index (χ1) is 8.25. The molecule has 2 heterocycles. The first-order valence-corrected chi connectivity index (χ1v) is 6.48. The molecule has 92 valence electrons. The highest BCUT2D eigenvalue weighted by Crippen LogP contribution is 2.31. The molecule has 0 aromatic heterocycles. The number of benzene rings is 1. The molecule has 0 bridgehead atoms. The van der Waals surface area contributed by atoms with Crippen LogP contribution in [0.2, 0.25) is 0 Å². The van der Waals surface area contributed by atoms with Gasteiger partial charge < -0.3 is 5.32 Å². The first kappa shape index (κ1) is 11.2. The number of halogens is 1. The molecular weight excluding hydrogens is 215 g/mol. The predicted molar refractivity (Wildman–Crippen MR) is 66.5 cm³/mol. The van der Waals surface area contributed by atoms with Crippen molar-refractivity contribution in [2.24, 2.45) is 0 Å². The molecule has 2 saturated heterocycles. The lowest BCUT2D eigenvalue weighted by Gasteiger charge is -2.38. The molecule has 2 nitrogen and oxygen atoms in total. The van der Waals surface area contributed by atoms with E-state index in [9.17, 15) is 4.39 Å². The van der Waals surface area contributed by atoms with Gasteiger partial charge in [-0.1, -0.05) is 12.1 Å². The van der Waals surface area contributed by atoms with E-state index in [4.69, 9.17) is 0 Å². The van der Waals surface area contributed by atoms with Crippen molar-refractivity contribution in [3.05, 3.63) is 35.1 Å². The number of piperazine rings is 1. The van der Waals surface area contributed by atoms with Gasteiger partial charge in [0.25, 0.3) is 0 Å². The summed E-state index contributed by atoms with van der Waals surface area (Å²) in [6, 6.07) is 6.65. The summed E-state index contributed by atoms with van der Waals surface area (Å²) in [6.45, 7) is 5.13. The van der Waals surface area contributed by atoms with Gasteiger partial charge in [0.15, 0.2) is 0 Å². The fourth-order valence-corrected chi connectivity index (χ4v) is 3.18. The maximum absolute atomic E-state index is 13.3. The Balaban J connectivity index is 1.89. The molecule has 1 unspecified atom stereocenters. The fourth-order valence-electron chi connectivity index (χ4n) is 3.18. The van der Waals surface area contributed by atoms with Gasteiger partial charge >= 0.3 is 0 Å². The van der Waals surface area contributed by atoms with E-state index in [0.717, 1.165) is 18.7 Å². The predicted octanol–water partition coefficient (Wildman–Crippen LogP) is 2.24. The Hall–Kier alpha value is -0.930. The van der Waals surface area contributed by atoms with Gasteiger partial charge in [-0.15, -0.1) is 0 Å². The molecule has 1 aromatic rings. The summed E-state index contributed by atoms with van der Waals surface area (Å²) in [4.78, 5) is 2.59. The Morgan fingerprint density at radius 3 is 3.06 bits per heavy atom. The lowest BCUT2D eigenvalue weighted by molar-refractivity contribution is 0.138. The topological polar surface area (TPSA) is 15.3 Å². The van der Waals surface area contributed by atoms with Crippen molar-refractivity contribution in [1.82, 2.24) is 10.2 Å². The summed E-state index contributed by atoms with van der Waals surface area (Å²) < 4.78 is 13.3. The van der Waals surface area contributed by atoms with Crippen molar-refractivity contribution in [1.29, 1.82) is 0 Å². The van der Waals surface area contributed by atoms with Crippen LogP contribution < -0.4 is 5.32 Å². The number of nitrogens with zero attached hydrogens (tertiary/aromatic N) is 1. The lowest BCUT2D eigenvalue weighted by atomic mass is 9.99. The molecule has 0 spiro atoms. The SMILES string of the molecule is Cc1cc(C2CNC[C@@H]3CCCN23)ccc1F. The minimum absolute atomic E-state index is 0.101. The van der Waals surface area contributed by atoms with E-state index < -0.39 is 0 Å². The molecule has 2 aliphatic heterocycles. The highest BCUT2D eigenvalue weighted by Gasteiger charge is 2.34. The van der Waals surface area contributed by atoms with Crippen LogP contribution in [0.1, 0.15) is 30.0 Å². The quantitative estimate of drug-likeness (QED) is 0.801. The average molecular weight is 234 g/mol. The summed E-state index contributed by atoms with van der Waals surface area (Å²) in [5.74, 6) is -0.101. The van der Waals surface area contributed by atoms with Crippen LogP contribution in [0.5, 0.6) is 0 Å². The van der Waals surface area contributed by atoms with Crippen molar-refractivity contribution in [2.45, 2.75) is 31.8 Å². The summed E-state index contributed by atoms with van der Waals surface area (Å²) in [6.07, 6.45) is 2.59. The van der Waals surface area contributed by atoms with E-state index in [-0.39, 0.29) is 5.82 Å². The number of hydrogen-bond donors (Lipinski definition) is 1. The molecule has 2 atom stereocenters. The van der Waals surface area contributed by atoms with E-state index in [2.05, 4.69) is 10.2 Å². The average Bonchev–Trinajstić information content (AvgIpc) is 2.80. The molecule has 2 aliphatic rings. The molecule has 0 saturated carbocycles. The standard InChI is InChI=1S/C14H19FN2/c1-10-7-11(4-5-13(10)15)14-9-16-8-12-3-2-6-17(12)14/h4-5,7,12,14,16H,2-3,6,8-9H2,1H3/t12-,14?/m0/s1. The van der Waals surface area contributed by atoms with Crippen LogP contribution in [0.3, 0.4) is 0 Å². The van der Waals surface area contributed by atoms with E-state index in [1.54, 1.807) is 6.07 Å². The van der Waals surface area contributed by atoms with E-state index in [0.29, 0.717) is 12.1 Å². The molecule has 0 amide bonds. The normalized spacial score (nSPS) is 29.3. The van der Waals surface area contributed by atoms with Gasteiger partial charge in [0.2, 0.25) is 0 Å². The molecule has 0 radical (unpaired) electrons. The number of hydrogen-bond acceptors (Lipinski definition) is 2. The Bertz CT molecular complexity index is 419. The summed E-state index contributed by atoms with van der Waals surface area (Å²) in [7, 11) is 0. The minimum Gasteiger partial charge on any atom is -0.313 e. The van der Waals surface area contributed by atoms with Gasteiger partial charge in [-0.05, 0) is 43.5 Å². The molecule has 1 N–H and O–H groups in total. The third kappa shape index (κ3) is 1.98. The molecule has 17 heavy (non-hydrogen) atoms. The van der Waals surface area contributed by atoms with Gasteiger partial charge in [-0.3, -0.25) is 4.90 Å². The molecule has 1 aromatic carbocycles. The molecule has 0 aliphatic carbocycles. The third-order valence-electron chi connectivity index (χ3n) is 4.11. The zero-order chi connectivity index (χ0) is 11.8. The monoisotopic (exact) mass is 234 g/mol. The van der Waals surface area contributed by atoms with Gasteiger partial charge in [0, 0.05) is 25.2 Å². The van der Waals surface area contributed by atoms with Crippen molar-refractivity contribution in [3.63, 3.8) is 0 Å². The van der Waals surface area contributed by atoms with Crippen molar-refractivity contribution in [2.75, 3.05) is 19.6 Å². The van der Waals surface area contributed by atoms with Crippen molar-refractivity contribution >= 4 is 0 Å². The number of nitrogens with one attached hydrogen (secondary N) is 1. The second-order valence-corrected chi connectivity index (χ2v) is 5.22. The van der Waals surface area contributed by atoms with Crippen molar-refractivity contribution < 1.29 is 4.39 Å². The second-order valence-electron chi connectivity index (χ2n) is 5.22. The fraction of sp³-hybridized carbons (Fsp3) is 0.571. The number of aryl methyl sites for hydroxylation is 1. The van der Waals surface area contributed by atoms with Crippen LogP contribution >= 0.6 is 0 Å². The van der Waals surface area contributed by atoms with Crippen LogP contribution in [-0.4, -0.2) is 30.6 Å². The Kier molecular flexibility index (Phi) is 2.89. The third-order valence-corrected chi connectivity index (χ3v) is 4.11. The van der Waals surface area contributed by atoms with Gasteiger partial charge in [-0.25, -0.2) is 4.39 Å². The Labute approximate surface area is 102 Å². The van der Waals surface area contributed by atoms with Crippen molar-refractivity contribution in [3.8, 4) is 0 Å². The van der Waals surface area contributed by atoms with Crippen LogP contribution in [0.4, 0.5) is 4.39 Å². The van der Waals surface area contributed by atoms with Gasteiger partial charge in [0.05, 0.1) is 0 Å². The highest BCUT2D eigenvalue weighted by atomic mass is 19.1. The van der Waals surface area contributed by atoms with Crippen LogP contribution in [0, 0.1) is 12.7 Å². The maximum Gasteiger partial charge on any atom is 0.126 e. The molecule has 3 rings (SSSR count).